The first-order chi connectivity index (χ1) is 13.9. The molecule has 0 heterocycles. The van der Waals surface area contributed by atoms with E-state index in [0.717, 1.165) is 6.42 Å². The van der Waals surface area contributed by atoms with Crippen molar-refractivity contribution in [3.05, 3.63) is 18.4 Å². The Labute approximate surface area is 195 Å². The Morgan fingerprint density at radius 1 is 1.16 bits per heavy atom. The molecule has 2 aliphatic rings. The number of hydrogen-bond donors (Lipinski definition) is 0. The molecule has 1 unspecified atom stereocenters. The molecule has 31 heavy (non-hydrogen) atoms. The highest BCUT2D eigenvalue weighted by Gasteiger charge is 2.72. The van der Waals surface area contributed by atoms with Crippen LogP contribution in [-0.2, 0) is 8.85 Å². The molecule has 2 fully saturated rings. The molecule has 2 aliphatic carbocycles. The lowest BCUT2D eigenvalue weighted by Gasteiger charge is -2.53. The Balaban J connectivity index is 2.69. The summed E-state index contributed by atoms with van der Waals surface area (Å²) < 4.78 is 14.3. The molecule has 4 heteroatoms. The van der Waals surface area contributed by atoms with Gasteiger partial charge in [0.25, 0.3) is 0 Å². The maximum absolute atomic E-state index is 7.25. The van der Waals surface area contributed by atoms with Crippen molar-refractivity contribution in [3.8, 4) is 12.3 Å². The number of hydrogen-bond acceptors (Lipinski definition) is 2. The fourth-order valence-corrected chi connectivity index (χ4v) is 8.60. The average molecular weight is 461 g/mol. The number of terminal acetylenes is 1. The van der Waals surface area contributed by atoms with Crippen LogP contribution in [0.5, 0.6) is 0 Å². The summed E-state index contributed by atoms with van der Waals surface area (Å²) in [4.78, 5) is 0. The molecular weight excluding hydrogens is 412 g/mol. The standard InChI is InChI=1S/C27H48O2Si2/c1-15-17-19(3)24(28-31(13,14)25(5,6)7)23-22-21(26(22,8)9)18-20(4)27(23,16-2)29-30(10,11)12/h2,17,19-24H,1,18H2,3-14H3/t19-,20-,21-,22+,23?,24-,27-/m1/s1. The highest BCUT2D eigenvalue weighted by Crippen LogP contribution is 2.72. The normalized spacial score (nSPS) is 34.7. The quantitative estimate of drug-likeness (QED) is 0.222. The maximum Gasteiger partial charge on any atom is 0.192 e. The van der Waals surface area contributed by atoms with Crippen molar-refractivity contribution in [3.63, 3.8) is 0 Å². The van der Waals surface area contributed by atoms with Gasteiger partial charge in [0, 0.05) is 11.8 Å². The monoisotopic (exact) mass is 460 g/mol. The molecule has 0 aromatic rings. The number of rotatable bonds is 7. The van der Waals surface area contributed by atoms with Crippen LogP contribution in [0.1, 0.15) is 54.9 Å². The van der Waals surface area contributed by atoms with Crippen LogP contribution in [-0.4, -0.2) is 28.3 Å². The third kappa shape index (κ3) is 4.87. The van der Waals surface area contributed by atoms with Gasteiger partial charge in [-0.1, -0.05) is 61.0 Å². The summed E-state index contributed by atoms with van der Waals surface area (Å²) in [5.41, 5.74) is 2.73. The van der Waals surface area contributed by atoms with Crippen LogP contribution in [0.25, 0.3) is 0 Å². The van der Waals surface area contributed by atoms with Crippen molar-refractivity contribution in [2.45, 2.75) is 104 Å². The molecular formula is C27H48O2Si2. The van der Waals surface area contributed by atoms with Gasteiger partial charge < -0.3 is 8.85 Å². The van der Waals surface area contributed by atoms with Gasteiger partial charge in [0.1, 0.15) is 5.60 Å². The lowest BCUT2D eigenvalue weighted by atomic mass is 9.65. The number of fused-ring (bicyclic) bond motifs is 1. The zero-order valence-electron chi connectivity index (χ0n) is 22.3. The van der Waals surface area contributed by atoms with Gasteiger partial charge in [-0.15, -0.1) is 12.2 Å². The third-order valence-electron chi connectivity index (χ3n) is 8.55. The molecule has 176 valence electrons. The van der Waals surface area contributed by atoms with Crippen LogP contribution in [0.15, 0.2) is 18.4 Å². The molecule has 0 bridgehead atoms. The predicted molar refractivity (Wildman–Crippen MR) is 139 cm³/mol. The predicted octanol–water partition coefficient (Wildman–Crippen LogP) is 7.51. The van der Waals surface area contributed by atoms with E-state index in [0.29, 0.717) is 17.8 Å². The largest absolute Gasteiger partial charge is 0.413 e. The molecule has 7 atom stereocenters. The van der Waals surface area contributed by atoms with Gasteiger partial charge in [0.15, 0.2) is 16.6 Å². The summed E-state index contributed by atoms with van der Waals surface area (Å²) in [5, 5.41) is 0.125. The van der Waals surface area contributed by atoms with Gasteiger partial charge in [-0.25, -0.2) is 0 Å². The van der Waals surface area contributed by atoms with E-state index in [1.807, 2.05) is 0 Å². The first-order valence-electron chi connectivity index (χ1n) is 12.1. The van der Waals surface area contributed by atoms with E-state index in [4.69, 9.17) is 15.3 Å². The van der Waals surface area contributed by atoms with E-state index >= 15 is 0 Å². The molecule has 2 rings (SSSR count). The van der Waals surface area contributed by atoms with Gasteiger partial charge in [-0.05, 0) is 73.4 Å². The highest BCUT2D eigenvalue weighted by molar-refractivity contribution is 6.74. The molecule has 0 aliphatic heterocycles. The minimum absolute atomic E-state index is 0.000401. The molecule has 0 saturated heterocycles. The first kappa shape index (κ1) is 26.7. The van der Waals surface area contributed by atoms with Crippen LogP contribution < -0.4 is 0 Å². The van der Waals surface area contributed by atoms with Crippen LogP contribution >= 0.6 is 0 Å². The molecule has 2 nitrogen and oxygen atoms in total. The van der Waals surface area contributed by atoms with Crippen molar-refractivity contribution in [2.75, 3.05) is 0 Å². The van der Waals surface area contributed by atoms with E-state index in [9.17, 15) is 0 Å². The van der Waals surface area contributed by atoms with Crippen LogP contribution in [0.4, 0.5) is 0 Å². The fraction of sp³-hybridized carbons (Fsp3) is 0.815. The lowest BCUT2D eigenvalue weighted by Crippen LogP contribution is -2.61. The molecule has 0 N–H and O–H groups in total. The molecule has 0 aromatic heterocycles. The second-order valence-electron chi connectivity index (χ2n) is 13.3. The van der Waals surface area contributed by atoms with Gasteiger partial charge in [0.2, 0.25) is 0 Å². The molecule has 0 radical (unpaired) electrons. The van der Waals surface area contributed by atoms with Gasteiger partial charge in [0.05, 0.1) is 6.10 Å². The summed E-state index contributed by atoms with van der Waals surface area (Å²) in [6.45, 7) is 31.7. The van der Waals surface area contributed by atoms with Gasteiger partial charge >= 0.3 is 0 Å². The SMILES string of the molecule is C#C[C@]1(O[Si](C)(C)C)C([C@H](O[Si](C)(C)C(C)(C)C)[C@H](C)C=C=C)[C@@H]2[C@@H](C[C@H]1C)C2(C)C. The van der Waals surface area contributed by atoms with Crippen molar-refractivity contribution < 1.29 is 8.85 Å². The summed E-state index contributed by atoms with van der Waals surface area (Å²) in [6.07, 6.45) is 9.64. The highest BCUT2D eigenvalue weighted by atomic mass is 28.4. The lowest BCUT2D eigenvalue weighted by molar-refractivity contribution is -0.0882. The fourth-order valence-electron chi connectivity index (χ4n) is 5.80. The summed E-state index contributed by atoms with van der Waals surface area (Å²) in [5.74, 6) is 5.13. The molecule has 2 saturated carbocycles. The van der Waals surface area contributed by atoms with E-state index in [1.165, 1.54) is 0 Å². The smallest absolute Gasteiger partial charge is 0.192 e. The Morgan fingerprint density at radius 2 is 1.71 bits per heavy atom. The summed E-state index contributed by atoms with van der Waals surface area (Å²) >= 11 is 0. The first-order valence-corrected chi connectivity index (χ1v) is 18.4. The minimum atomic E-state index is -2.04. The zero-order chi connectivity index (χ0) is 24.2. The van der Waals surface area contributed by atoms with Crippen LogP contribution in [0.3, 0.4) is 0 Å². The third-order valence-corrected chi connectivity index (χ3v) is 14.0. The second kappa shape index (κ2) is 8.33. The maximum atomic E-state index is 7.25. The molecule has 0 aromatic carbocycles. The average Bonchev–Trinajstić information content (AvgIpc) is 3.11. The van der Waals surface area contributed by atoms with Gasteiger partial charge in [-0.2, -0.15) is 0 Å². The minimum Gasteiger partial charge on any atom is -0.413 e. The Hall–Kier alpha value is -0.566. The summed E-state index contributed by atoms with van der Waals surface area (Å²) in [7, 11) is -3.94. The Bertz CT molecular complexity index is 758. The van der Waals surface area contributed by atoms with E-state index in [1.54, 1.807) is 0 Å². The second-order valence-corrected chi connectivity index (χ2v) is 22.5. The Kier molecular flexibility index (Phi) is 7.17. The van der Waals surface area contributed by atoms with Crippen molar-refractivity contribution >= 4 is 16.6 Å². The van der Waals surface area contributed by atoms with Crippen molar-refractivity contribution in [2.24, 2.45) is 35.0 Å². The van der Waals surface area contributed by atoms with E-state index < -0.39 is 22.2 Å². The zero-order valence-corrected chi connectivity index (χ0v) is 24.3. The molecule has 0 spiro atoms. The van der Waals surface area contributed by atoms with Crippen LogP contribution in [0, 0.1) is 47.3 Å². The van der Waals surface area contributed by atoms with Gasteiger partial charge in [-0.3, -0.25) is 0 Å². The molecule has 0 amide bonds. The van der Waals surface area contributed by atoms with Crippen LogP contribution in [0.2, 0.25) is 37.8 Å². The topological polar surface area (TPSA) is 18.5 Å². The van der Waals surface area contributed by atoms with Crippen molar-refractivity contribution in [1.82, 2.24) is 0 Å². The van der Waals surface area contributed by atoms with Crippen molar-refractivity contribution in [1.29, 1.82) is 0 Å². The Morgan fingerprint density at radius 3 is 2.13 bits per heavy atom. The van der Waals surface area contributed by atoms with E-state index in [-0.39, 0.29) is 28.4 Å². The summed E-state index contributed by atoms with van der Waals surface area (Å²) in [6, 6.07) is 0. The van der Waals surface area contributed by atoms with E-state index in [2.05, 4.69) is 106 Å².